The molecule has 0 aliphatic carbocycles. The lowest BCUT2D eigenvalue weighted by Crippen LogP contribution is -2.32. The Kier molecular flexibility index (Phi) is 6.63. The second-order valence-corrected chi connectivity index (χ2v) is 7.68. The number of furan rings is 1. The van der Waals surface area contributed by atoms with E-state index in [0.717, 1.165) is 0 Å². The molecule has 2 heterocycles. The Morgan fingerprint density at radius 1 is 0.914 bits per heavy atom. The first-order valence-corrected chi connectivity index (χ1v) is 10.7. The molecule has 0 aliphatic rings. The van der Waals surface area contributed by atoms with E-state index in [9.17, 15) is 19.2 Å². The van der Waals surface area contributed by atoms with E-state index in [-0.39, 0.29) is 29.1 Å². The van der Waals surface area contributed by atoms with Crippen LogP contribution in [0.5, 0.6) is 0 Å². The maximum Gasteiger partial charge on any atom is 0.295 e. The van der Waals surface area contributed by atoms with Gasteiger partial charge in [0, 0.05) is 18.3 Å². The molecule has 4 rings (SSSR count). The maximum atomic E-state index is 13.0. The van der Waals surface area contributed by atoms with Crippen LogP contribution in [0.3, 0.4) is 0 Å². The van der Waals surface area contributed by atoms with E-state index in [0.29, 0.717) is 17.1 Å². The van der Waals surface area contributed by atoms with Gasteiger partial charge in [0.15, 0.2) is 5.76 Å². The zero-order valence-electron chi connectivity index (χ0n) is 19.1. The van der Waals surface area contributed by atoms with Crippen molar-refractivity contribution in [3.63, 3.8) is 0 Å². The molecule has 2 aromatic carbocycles. The first-order valence-electron chi connectivity index (χ1n) is 10.7. The molecule has 2 aromatic heterocycles. The van der Waals surface area contributed by atoms with E-state index in [2.05, 4.69) is 16.0 Å². The van der Waals surface area contributed by atoms with E-state index in [4.69, 9.17) is 4.42 Å². The van der Waals surface area contributed by atoms with Crippen molar-refractivity contribution in [2.45, 2.75) is 6.92 Å². The summed E-state index contributed by atoms with van der Waals surface area (Å²) in [6.45, 7) is 1.46. The van der Waals surface area contributed by atoms with Gasteiger partial charge in [-0.3, -0.25) is 23.9 Å². The second-order valence-electron chi connectivity index (χ2n) is 7.68. The summed E-state index contributed by atoms with van der Waals surface area (Å²) in [4.78, 5) is 50.0. The van der Waals surface area contributed by atoms with Gasteiger partial charge in [0.2, 0.25) is 5.91 Å². The Morgan fingerprint density at radius 3 is 2.40 bits per heavy atom. The summed E-state index contributed by atoms with van der Waals surface area (Å²) in [6.07, 6.45) is 1.36. The van der Waals surface area contributed by atoms with Crippen molar-refractivity contribution >= 4 is 29.1 Å². The van der Waals surface area contributed by atoms with Crippen LogP contribution in [-0.2, 0) is 11.8 Å². The molecule has 0 radical (unpaired) electrons. The molecular formula is C25H23N5O5. The number of hydrogen-bond acceptors (Lipinski definition) is 5. The third-order valence-electron chi connectivity index (χ3n) is 5.36. The van der Waals surface area contributed by atoms with Crippen molar-refractivity contribution in [3.05, 3.63) is 100 Å². The molecule has 0 saturated heterocycles. The third kappa shape index (κ3) is 5.06. The van der Waals surface area contributed by atoms with Crippen LogP contribution in [0.25, 0.3) is 5.69 Å². The smallest absolute Gasteiger partial charge is 0.295 e. The Morgan fingerprint density at radius 2 is 1.69 bits per heavy atom. The van der Waals surface area contributed by atoms with E-state index >= 15 is 0 Å². The number of rotatable bonds is 7. The van der Waals surface area contributed by atoms with Gasteiger partial charge in [-0.05, 0) is 49.4 Å². The number of nitrogens with zero attached hydrogens (tertiary/aromatic N) is 2. The average molecular weight is 473 g/mol. The number of para-hydroxylation sites is 1. The summed E-state index contributed by atoms with van der Waals surface area (Å²) in [5, 5.41) is 7.76. The third-order valence-corrected chi connectivity index (χ3v) is 5.36. The van der Waals surface area contributed by atoms with Gasteiger partial charge in [0.25, 0.3) is 17.4 Å². The van der Waals surface area contributed by atoms with Gasteiger partial charge in [-0.1, -0.05) is 24.3 Å². The molecule has 0 aliphatic heterocycles. The highest BCUT2D eigenvalue weighted by Crippen LogP contribution is 2.17. The van der Waals surface area contributed by atoms with Crippen LogP contribution in [0, 0.1) is 6.92 Å². The minimum atomic E-state index is -0.516. The molecule has 178 valence electrons. The Bertz CT molecular complexity index is 1430. The minimum Gasteiger partial charge on any atom is -0.459 e. The highest BCUT2D eigenvalue weighted by molar-refractivity contribution is 6.05. The van der Waals surface area contributed by atoms with Crippen LogP contribution in [-0.4, -0.2) is 33.6 Å². The van der Waals surface area contributed by atoms with Gasteiger partial charge in [0.1, 0.15) is 5.69 Å². The molecule has 3 N–H and O–H groups in total. The normalized spacial score (nSPS) is 10.6. The van der Waals surface area contributed by atoms with Crippen LogP contribution in [0.1, 0.15) is 26.6 Å². The van der Waals surface area contributed by atoms with Gasteiger partial charge in [-0.2, -0.15) is 0 Å². The van der Waals surface area contributed by atoms with Crippen molar-refractivity contribution in [2.75, 3.05) is 17.2 Å². The molecule has 3 amide bonds. The summed E-state index contributed by atoms with van der Waals surface area (Å²) >= 11 is 0. The lowest BCUT2D eigenvalue weighted by molar-refractivity contribution is -0.115. The molecule has 0 unspecified atom stereocenters. The van der Waals surface area contributed by atoms with Gasteiger partial charge in [-0.25, -0.2) is 4.68 Å². The van der Waals surface area contributed by atoms with Crippen molar-refractivity contribution in [1.82, 2.24) is 14.7 Å². The maximum absolute atomic E-state index is 13.0. The van der Waals surface area contributed by atoms with Crippen molar-refractivity contribution in [2.24, 2.45) is 7.05 Å². The molecule has 10 nitrogen and oxygen atoms in total. The number of amides is 3. The zero-order valence-corrected chi connectivity index (χ0v) is 19.1. The lowest BCUT2D eigenvalue weighted by Gasteiger charge is -2.08. The van der Waals surface area contributed by atoms with Gasteiger partial charge in [0.05, 0.1) is 24.2 Å². The molecule has 10 heteroatoms. The molecule has 0 atom stereocenters. The molecule has 0 bridgehead atoms. The number of benzene rings is 2. The molecule has 4 aromatic rings. The van der Waals surface area contributed by atoms with E-state index in [1.54, 1.807) is 55.1 Å². The minimum absolute atomic E-state index is 0.0963. The van der Waals surface area contributed by atoms with Gasteiger partial charge in [-0.15, -0.1) is 0 Å². The summed E-state index contributed by atoms with van der Waals surface area (Å²) in [7, 11) is 1.74. The van der Waals surface area contributed by atoms with Crippen LogP contribution >= 0.6 is 0 Å². The fraction of sp³-hybridized carbons (Fsp3) is 0.120. The van der Waals surface area contributed by atoms with Crippen molar-refractivity contribution in [3.8, 4) is 5.69 Å². The zero-order chi connectivity index (χ0) is 24.9. The number of nitrogens with one attached hydrogen (secondary N) is 3. The SMILES string of the molecule is Cc1c(NC(=O)c2cccc(NC(=O)CNC(=O)c3ccco3)c2)c(=O)n(-c2ccccc2)n1C. The van der Waals surface area contributed by atoms with Crippen LogP contribution in [0.2, 0.25) is 0 Å². The predicted molar refractivity (Wildman–Crippen MR) is 130 cm³/mol. The number of aromatic nitrogens is 2. The molecule has 35 heavy (non-hydrogen) atoms. The fourth-order valence-electron chi connectivity index (χ4n) is 3.50. The number of carbonyl (C=O) groups is 3. The van der Waals surface area contributed by atoms with Crippen LogP contribution in [0.4, 0.5) is 11.4 Å². The van der Waals surface area contributed by atoms with E-state index in [1.807, 2.05) is 18.2 Å². The standard InChI is InChI=1S/C25H23N5O5/c1-16-22(25(34)30(29(16)2)19-10-4-3-5-11-19)28-23(32)17-8-6-9-18(14-17)27-21(31)15-26-24(33)20-12-7-13-35-20/h3-14H,15H2,1-2H3,(H,26,33)(H,27,31)(H,28,32). The molecular weight excluding hydrogens is 450 g/mol. The molecule has 0 fully saturated rings. The van der Waals surface area contributed by atoms with E-state index < -0.39 is 17.7 Å². The number of anilines is 2. The second kappa shape index (κ2) is 9.96. The Balaban J connectivity index is 1.44. The van der Waals surface area contributed by atoms with Gasteiger partial charge >= 0.3 is 0 Å². The summed E-state index contributed by atoms with van der Waals surface area (Å²) in [6, 6.07) is 18.4. The molecule has 0 spiro atoms. The summed E-state index contributed by atoms with van der Waals surface area (Å²) in [5.41, 5.74) is 1.67. The average Bonchev–Trinajstić information content (AvgIpc) is 3.47. The largest absolute Gasteiger partial charge is 0.459 e. The van der Waals surface area contributed by atoms with Crippen molar-refractivity contribution in [1.29, 1.82) is 0 Å². The summed E-state index contributed by atoms with van der Waals surface area (Å²) in [5.74, 6) is -1.40. The Hall–Kier alpha value is -4.86. The van der Waals surface area contributed by atoms with E-state index in [1.165, 1.54) is 23.1 Å². The highest BCUT2D eigenvalue weighted by Gasteiger charge is 2.19. The molecule has 0 saturated carbocycles. The Labute approximate surface area is 200 Å². The summed E-state index contributed by atoms with van der Waals surface area (Å²) < 4.78 is 8.11. The number of hydrogen-bond donors (Lipinski definition) is 3. The first kappa shape index (κ1) is 23.3. The first-order chi connectivity index (χ1) is 16.8. The predicted octanol–water partition coefficient (Wildman–Crippen LogP) is 2.70. The fourth-order valence-corrected chi connectivity index (χ4v) is 3.50. The van der Waals surface area contributed by atoms with Gasteiger partial charge < -0.3 is 20.4 Å². The van der Waals surface area contributed by atoms with Crippen LogP contribution < -0.4 is 21.5 Å². The quantitative estimate of drug-likeness (QED) is 0.380. The number of carbonyl (C=O) groups excluding carboxylic acids is 3. The monoisotopic (exact) mass is 473 g/mol. The topological polar surface area (TPSA) is 127 Å². The lowest BCUT2D eigenvalue weighted by atomic mass is 10.2. The van der Waals surface area contributed by atoms with Crippen molar-refractivity contribution < 1.29 is 18.8 Å². The van der Waals surface area contributed by atoms with Crippen LogP contribution in [0.15, 0.2) is 82.2 Å². The highest BCUT2D eigenvalue weighted by atomic mass is 16.3.